The van der Waals surface area contributed by atoms with Crippen LogP contribution in [0.1, 0.15) is 16.1 Å². The highest BCUT2D eigenvalue weighted by atomic mass is 32.2. The zero-order valence-corrected chi connectivity index (χ0v) is 17.6. The normalized spacial score (nSPS) is 15.4. The van der Waals surface area contributed by atoms with Crippen LogP contribution in [0.4, 0.5) is 5.69 Å². The zero-order chi connectivity index (χ0) is 20.4. The molecule has 1 saturated heterocycles. The summed E-state index contributed by atoms with van der Waals surface area (Å²) in [5.74, 6) is 0. The summed E-state index contributed by atoms with van der Waals surface area (Å²) in [5, 5.41) is 10.8. The highest BCUT2D eigenvalue weighted by Crippen LogP contribution is 2.30. The van der Waals surface area contributed by atoms with Gasteiger partial charge in [-0.15, -0.1) is 11.3 Å². The Labute approximate surface area is 173 Å². The second-order valence-electron chi connectivity index (χ2n) is 6.88. The number of thiazole rings is 1. The van der Waals surface area contributed by atoms with Crippen molar-refractivity contribution in [3.8, 4) is 6.07 Å². The molecule has 0 unspecified atom stereocenters. The summed E-state index contributed by atoms with van der Waals surface area (Å²) < 4.78 is 33.9. The van der Waals surface area contributed by atoms with E-state index in [2.05, 4.69) is 25.7 Å². The zero-order valence-electron chi connectivity index (χ0n) is 15.9. The van der Waals surface area contributed by atoms with Crippen LogP contribution in [0.15, 0.2) is 28.7 Å². The van der Waals surface area contributed by atoms with Gasteiger partial charge in [0.05, 0.1) is 41.2 Å². The average molecular weight is 432 g/mol. The summed E-state index contributed by atoms with van der Waals surface area (Å²) >= 11 is 1.18. The Morgan fingerprint density at radius 2 is 2.17 bits per heavy atom. The van der Waals surface area contributed by atoms with E-state index >= 15 is 0 Å². The van der Waals surface area contributed by atoms with Crippen LogP contribution in [-0.2, 0) is 21.2 Å². The van der Waals surface area contributed by atoms with E-state index in [1.54, 1.807) is 18.3 Å². The summed E-state index contributed by atoms with van der Waals surface area (Å²) in [6.45, 7) is 5.98. The number of nitrogens with zero attached hydrogens (tertiary/aromatic N) is 3. The maximum atomic E-state index is 12.9. The second kappa shape index (κ2) is 8.12. The van der Waals surface area contributed by atoms with Crippen LogP contribution in [0.5, 0.6) is 0 Å². The number of rotatable bonds is 6. The number of hydrogen-bond acceptors (Lipinski definition) is 7. The number of anilines is 1. The third-order valence-electron chi connectivity index (χ3n) is 4.95. The van der Waals surface area contributed by atoms with Crippen molar-refractivity contribution in [3.63, 3.8) is 0 Å². The van der Waals surface area contributed by atoms with Crippen LogP contribution in [-0.4, -0.2) is 56.1 Å². The summed E-state index contributed by atoms with van der Waals surface area (Å²) in [6, 6.07) is 5.63. The maximum Gasteiger partial charge on any atom is 0.273 e. The first-order valence-electron chi connectivity index (χ1n) is 9.26. The number of sulfonamides is 1. The van der Waals surface area contributed by atoms with Gasteiger partial charge in [0.15, 0.2) is 4.21 Å². The quantitative estimate of drug-likeness (QED) is 0.620. The Balaban J connectivity index is 1.52. The molecule has 0 spiro atoms. The Morgan fingerprint density at radius 3 is 2.93 bits per heavy atom. The van der Waals surface area contributed by atoms with Crippen LogP contribution >= 0.6 is 11.3 Å². The molecule has 1 fully saturated rings. The van der Waals surface area contributed by atoms with E-state index in [4.69, 9.17) is 4.74 Å². The number of nitriles is 1. The third-order valence-corrected chi connectivity index (χ3v) is 7.84. The number of morpholine rings is 1. The minimum absolute atomic E-state index is 0.176. The number of benzene rings is 1. The van der Waals surface area contributed by atoms with Gasteiger partial charge >= 0.3 is 0 Å². The number of aromatic amines is 1. The largest absolute Gasteiger partial charge is 0.379 e. The van der Waals surface area contributed by atoms with Crippen LogP contribution in [0.25, 0.3) is 10.9 Å². The molecule has 0 radical (unpaired) electrons. The first kappa shape index (κ1) is 19.8. The van der Waals surface area contributed by atoms with E-state index in [0.29, 0.717) is 23.2 Å². The molecule has 0 amide bonds. The van der Waals surface area contributed by atoms with Gasteiger partial charge < -0.3 is 9.72 Å². The van der Waals surface area contributed by atoms with Gasteiger partial charge in [-0.1, -0.05) is 6.07 Å². The molecule has 10 heteroatoms. The van der Waals surface area contributed by atoms with E-state index in [9.17, 15) is 13.7 Å². The van der Waals surface area contributed by atoms with Crippen molar-refractivity contribution in [2.24, 2.45) is 0 Å². The van der Waals surface area contributed by atoms with Crippen LogP contribution in [0.2, 0.25) is 0 Å². The lowest BCUT2D eigenvalue weighted by molar-refractivity contribution is 0.0384. The molecule has 8 nitrogen and oxygen atoms in total. The highest BCUT2D eigenvalue weighted by molar-refractivity contribution is 7.94. The number of H-pyrrole nitrogens is 1. The summed E-state index contributed by atoms with van der Waals surface area (Å²) in [4.78, 5) is 9.59. The molecule has 152 valence electrons. The molecule has 0 bridgehead atoms. The smallest absolute Gasteiger partial charge is 0.273 e. The third kappa shape index (κ3) is 4.13. The van der Waals surface area contributed by atoms with Gasteiger partial charge in [-0.25, -0.2) is 13.4 Å². The number of aryl methyl sites for hydroxylation is 1. The first-order valence-corrected chi connectivity index (χ1v) is 11.6. The van der Waals surface area contributed by atoms with Crippen molar-refractivity contribution >= 4 is 38.0 Å². The number of nitrogens with one attached hydrogen (secondary N) is 2. The molecule has 0 saturated carbocycles. The van der Waals surface area contributed by atoms with Crippen molar-refractivity contribution < 1.29 is 13.2 Å². The number of hydrogen-bond donors (Lipinski definition) is 2. The Morgan fingerprint density at radius 1 is 1.38 bits per heavy atom. The fourth-order valence-electron chi connectivity index (χ4n) is 3.40. The minimum atomic E-state index is -3.77. The van der Waals surface area contributed by atoms with Gasteiger partial charge in [-0.2, -0.15) is 5.26 Å². The van der Waals surface area contributed by atoms with E-state index < -0.39 is 10.0 Å². The van der Waals surface area contributed by atoms with Crippen molar-refractivity contribution in [1.29, 1.82) is 5.26 Å². The molecule has 1 aromatic carbocycles. The molecule has 2 N–H and O–H groups in total. The molecule has 0 atom stereocenters. The summed E-state index contributed by atoms with van der Waals surface area (Å²) in [7, 11) is -3.77. The Hall–Kier alpha value is -2.45. The molecule has 29 heavy (non-hydrogen) atoms. The lowest BCUT2D eigenvalue weighted by atomic mass is 10.1. The Kier molecular flexibility index (Phi) is 5.56. The molecular formula is C19H21N5O3S2. The standard InChI is InChI=1S/C19H21N5O3S2/c1-13-2-3-15(19-18(13)14(10-20)11-22-19)23-29(25,26)17-12-21-16(28-17)4-5-24-6-8-27-9-7-24/h2-3,11-12,22-23H,4-9H2,1H3. The van der Waals surface area contributed by atoms with Gasteiger partial charge in [0.25, 0.3) is 10.0 Å². The predicted molar refractivity (Wildman–Crippen MR) is 112 cm³/mol. The van der Waals surface area contributed by atoms with Gasteiger partial charge in [-0.05, 0) is 18.6 Å². The van der Waals surface area contributed by atoms with Crippen LogP contribution < -0.4 is 4.72 Å². The van der Waals surface area contributed by atoms with Crippen molar-refractivity contribution in [1.82, 2.24) is 14.9 Å². The molecule has 3 aromatic rings. The van der Waals surface area contributed by atoms with Crippen molar-refractivity contribution in [3.05, 3.63) is 40.7 Å². The molecule has 2 aromatic heterocycles. The summed E-state index contributed by atoms with van der Waals surface area (Å²) in [6.07, 6.45) is 3.70. The van der Waals surface area contributed by atoms with Gasteiger partial charge in [0, 0.05) is 37.6 Å². The number of fused-ring (bicyclic) bond motifs is 1. The van der Waals surface area contributed by atoms with Crippen molar-refractivity contribution in [2.45, 2.75) is 17.6 Å². The minimum Gasteiger partial charge on any atom is -0.379 e. The molecule has 1 aliphatic heterocycles. The van der Waals surface area contributed by atoms with Crippen LogP contribution in [0.3, 0.4) is 0 Å². The molecule has 1 aliphatic rings. The Bertz CT molecular complexity index is 1170. The predicted octanol–water partition coefficient (Wildman–Crippen LogP) is 2.48. The molecule has 4 rings (SSSR count). The van der Waals surface area contributed by atoms with Crippen molar-refractivity contribution in [2.75, 3.05) is 37.6 Å². The van der Waals surface area contributed by atoms with Gasteiger partial charge in [0.1, 0.15) is 6.07 Å². The van der Waals surface area contributed by atoms with E-state index in [-0.39, 0.29) is 4.21 Å². The van der Waals surface area contributed by atoms with E-state index in [0.717, 1.165) is 48.8 Å². The topological polar surface area (TPSA) is 111 Å². The maximum absolute atomic E-state index is 12.9. The monoisotopic (exact) mass is 431 g/mol. The molecule has 0 aliphatic carbocycles. The van der Waals surface area contributed by atoms with Crippen LogP contribution in [0, 0.1) is 18.3 Å². The first-order chi connectivity index (χ1) is 14.0. The van der Waals surface area contributed by atoms with E-state index in [1.807, 2.05) is 6.92 Å². The SMILES string of the molecule is Cc1ccc(NS(=O)(=O)c2cnc(CCN3CCOCC3)s2)c2[nH]cc(C#N)c12. The fourth-order valence-corrected chi connectivity index (χ4v) is 5.64. The summed E-state index contributed by atoms with van der Waals surface area (Å²) in [5.41, 5.74) is 2.41. The lowest BCUT2D eigenvalue weighted by Gasteiger charge is -2.25. The van der Waals surface area contributed by atoms with Gasteiger partial charge in [0.2, 0.25) is 0 Å². The average Bonchev–Trinajstić information content (AvgIpc) is 3.37. The lowest BCUT2D eigenvalue weighted by Crippen LogP contribution is -2.37. The molecular weight excluding hydrogens is 410 g/mol. The second-order valence-corrected chi connectivity index (χ2v) is 9.90. The van der Waals surface area contributed by atoms with E-state index in [1.165, 1.54) is 17.5 Å². The highest BCUT2D eigenvalue weighted by Gasteiger charge is 2.21. The number of aromatic nitrogens is 2. The molecule has 3 heterocycles. The number of ether oxygens (including phenoxy) is 1. The fraction of sp³-hybridized carbons (Fsp3) is 0.368. The van der Waals surface area contributed by atoms with Gasteiger partial charge in [-0.3, -0.25) is 9.62 Å².